The number of methoxy groups -OCH3 is 1. The van der Waals surface area contributed by atoms with Gasteiger partial charge in [-0.3, -0.25) is 4.90 Å². The molecule has 1 saturated heterocycles. The van der Waals surface area contributed by atoms with E-state index in [0.717, 1.165) is 26.2 Å². The Balaban J connectivity index is 1.89. The van der Waals surface area contributed by atoms with Crippen molar-refractivity contribution < 1.29 is 9.47 Å². The second-order valence-corrected chi connectivity index (χ2v) is 4.52. The van der Waals surface area contributed by atoms with Gasteiger partial charge in [0.2, 0.25) is 11.2 Å². The minimum atomic E-state index is 0.106. The Morgan fingerprint density at radius 1 is 1.47 bits per heavy atom. The summed E-state index contributed by atoms with van der Waals surface area (Å²) in [6.45, 7) is 6.44. The van der Waals surface area contributed by atoms with Crippen LogP contribution in [0.3, 0.4) is 0 Å². The van der Waals surface area contributed by atoms with E-state index in [2.05, 4.69) is 32.1 Å². The molecule has 1 aliphatic rings. The minimum absolute atomic E-state index is 0.106. The molecular formula is C11H18ClN5O2. The zero-order chi connectivity index (χ0) is 13.7. The maximum atomic E-state index is 5.77. The van der Waals surface area contributed by atoms with Crippen LogP contribution in [0.2, 0.25) is 5.28 Å². The van der Waals surface area contributed by atoms with Crippen molar-refractivity contribution in [3.05, 3.63) is 5.28 Å². The fourth-order valence-corrected chi connectivity index (χ4v) is 2.05. The molecule has 0 amide bonds. The normalized spacial score (nSPS) is 20.3. The van der Waals surface area contributed by atoms with E-state index in [0.29, 0.717) is 12.5 Å². The number of halogens is 1. The maximum absolute atomic E-state index is 5.77. The molecule has 1 fully saturated rings. The van der Waals surface area contributed by atoms with E-state index < -0.39 is 0 Å². The van der Waals surface area contributed by atoms with Crippen molar-refractivity contribution in [2.24, 2.45) is 0 Å². The Bertz CT molecular complexity index is 420. The summed E-state index contributed by atoms with van der Waals surface area (Å²) in [6, 6.07) is 0.197. The van der Waals surface area contributed by atoms with Gasteiger partial charge in [0.15, 0.2) is 0 Å². The van der Waals surface area contributed by atoms with Crippen LogP contribution in [0.25, 0.3) is 0 Å². The van der Waals surface area contributed by atoms with Gasteiger partial charge < -0.3 is 14.8 Å². The molecule has 0 bridgehead atoms. The highest BCUT2D eigenvalue weighted by molar-refractivity contribution is 6.28. The molecule has 7 nitrogen and oxygen atoms in total. The molecule has 19 heavy (non-hydrogen) atoms. The first kappa shape index (κ1) is 14.2. The van der Waals surface area contributed by atoms with Crippen molar-refractivity contribution in [2.45, 2.75) is 13.0 Å². The van der Waals surface area contributed by atoms with Crippen LogP contribution >= 0.6 is 11.6 Å². The summed E-state index contributed by atoms with van der Waals surface area (Å²) in [7, 11) is 1.48. The molecule has 1 unspecified atom stereocenters. The molecule has 1 atom stereocenters. The highest BCUT2D eigenvalue weighted by Gasteiger charge is 2.19. The first-order valence-corrected chi connectivity index (χ1v) is 6.62. The van der Waals surface area contributed by atoms with Gasteiger partial charge >= 0.3 is 6.01 Å². The molecule has 2 heterocycles. The van der Waals surface area contributed by atoms with Gasteiger partial charge in [-0.2, -0.15) is 15.0 Å². The molecular weight excluding hydrogens is 270 g/mol. The van der Waals surface area contributed by atoms with Crippen LogP contribution < -0.4 is 10.1 Å². The summed E-state index contributed by atoms with van der Waals surface area (Å²) in [6.07, 6.45) is 0.121. The van der Waals surface area contributed by atoms with Crippen LogP contribution in [-0.2, 0) is 4.74 Å². The second-order valence-electron chi connectivity index (χ2n) is 4.18. The van der Waals surface area contributed by atoms with E-state index in [9.17, 15) is 0 Å². The summed E-state index contributed by atoms with van der Waals surface area (Å²) in [5, 5.41) is 3.20. The number of nitrogens with zero attached hydrogens (tertiary/aromatic N) is 4. The Morgan fingerprint density at radius 2 is 2.32 bits per heavy atom. The predicted molar refractivity (Wildman–Crippen MR) is 71.7 cm³/mol. The molecule has 0 spiro atoms. The van der Waals surface area contributed by atoms with Crippen LogP contribution in [0.1, 0.15) is 6.92 Å². The summed E-state index contributed by atoms with van der Waals surface area (Å²) < 4.78 is 10.6. The largest absolute Gasteiger partial charge is 0.467 e. The number of hydrogen-bond acceptors (Lipinski definition) is 7. The molecule has 1 aromatic heterocycles. The van der Waals surface area contributed by atoms with Crippen molar-refractivity contribution in [1.82, 2.24) is 19.9 Å². The molecule has 0 aromatic carbocycles. The number of hydrogen-bond donors (Lipinski definition) is 1. The van der Waals surface area contributed by atoms with Crippen molar-refractivity contribution in [3.8, 4) is 6.01 Å². The van der Waals surface area contributed by atoms with E-state index in [1.165, 1.54) is 7.11 Å². The minimum Gasteiger partial charge on any atom is -0.467 e. The SMILES string of the molecule is CCN1CCOC(CNc2nc(Cl)nc(OC)n2)C1. The van der Waals surface area contributed by atoms with Crippen LogP contribution in [0.4, 0.5) is 5.95 Å². The number of rotatable bonds is 5. The second kappa shape index (κ2) is 6.83. The molecule has 0 aliphatic carbocycles. The Labute approximate surface area is 117 Å². The molecule has 106 valence electrons. The Morgan fingerprint density at radius 3 is 3.05 bits per heavy atom. The number of likely N-dealkylation sites (N-methyl/N-ethyl adjacent to an activating group) is 1. The number of nitrogens with one attached hydrogen (secondary N) is 1. The number of anilines is 1. The van der Waals surface area contributed by atoms with Crippen molar-refractivity contribution in [3.63, 3.8) is 0 Å². The summed E-state index contributed by atoms with van der Waals surface area (Å²) >= 11 is 5.77. The number of ether oxygens (including phenoxy) is 2. The third-order valence-corrected chi connectivity index (χ3v) is 3.10. The van der Waals surface area contributed by atoms with Gasteiger partial charge in [-0.05, 0) is 18.1 Å². The Hall–Kier alpha value is -1.18. The quantitative estimate of drug-likeness (QED) is 0.853. The maximum Gasteiger partial charge on any atom is 0.322 e. The molecule has 1 aromatic rings. The standard InChI is InChI=1S/C11H18ClN5O2/c1-3-17-4-5-19-8(7-17)6-13-10-14-9(12)15-11(16-10)18-2/h8H,3-7H2,1-2H3,(H,13,14,15,16). The molecule has 0 radical (unpaired) electrons. The lowest BCUT2D eigenvalue weighted by atomic mass is 10.2. The predicted octanol–water partition coefficient (Wildman–Crippen LogP) is 0.666. The van der Waals surface area contributed by atoms with Crippen molar-refractivity contribution in [2.75, 3.05) is 45.2 Å². The lowest BCUT2D eigenvalue weighted by molar-refractivity contribution is -0.0192. The van der Waals surface area contributed by atoms with E-state index in [4.69, 9.17) is 21.1 Å². The van der Waals surface area contributed by atoms with E-state index in [1.807, 2.05) is 0 Å². The zero-order valence-corrected chi connectivity index (χ0v) is 11.9. The fourth-order valence-electron chi connectivity index (χ4n) is 1.90. The number of morpholine rings is 1. The molecule has 2 rings (SSSR count). The Kier molecular flexibility index (Phi) is 5.12. The summed E-state index contributed by atoms with van der Waals surface area (Å²) in [5.74, 6) is 0.397. The topological polar surface area (TPSA) is 72.4 Å². The monoisotopic (exact) mass is 287 g/mol. The third-order valence-electron chi connectivity index (χ3n) is 2.93. The lowest BCUT2D eigenvalue weighted by Gasteiger charge is -2.32. The van der Waals surface area contributed by atoms with Gasteiger partial charge in [-0.1, -0.05) is 6.92 Å². The number of aromatic nitrogens is 3. The van der Waals surface area contributed by atoms with E-state index in [-0.39, 0.29) is 17.4 Å². The average molecular weight is 288 g/mol. The highest BCUT2D eigenvalue weighted by atomic mass is 35.5. The highest BCUT2D eigenvalue weighted by Crippen LogP contribution is 2.11. The van der Waals surface area contributed by atoms with Gasteiger partial charge in [0.05, 0.1) is 19.8 Å². The van der Waals surface area contributed by atoms with Crippen LogP contribution in [0.5, 0.6) is 6.01 Å². The first-order valence-electron chi connectivity index (χ1n) is 6.24. The van der Waals surface area contributed by atoms with E-state index in [1.54, 1.807) is 0 Å². The van der Waals surface area contributed by atoms with Crippen molar-refractivity contribution in [1.29, 1.82) is 0 Å². The van der Waals surface area contributed by atoms with E-state index >= 15 is 0 Å². The summed E-state index contributed by atoms with van der Waals surface area (Å²) in [4.78, 5) is 14.2. The van der Waals surface area contributed by atoms with Crippen molar-refractivity contribution >= 4 is 17.5 Å². The molecule has 1 N–H and O–H groups in total. The lowest BCUT2D eigenvalue weighted by Crippen LogP contribution is -2.45. The molecule has 1 aliphatic heterocycles. The van der Waals surface area contributed by atoms with Gasteiger partial charge in [0, 0.05) is 19.6 Å². The van der Waals surface area contributed by atoms with Crippen LogP contribution in [0, 0.1) is 0 Å². The smallest absolute Gasteiger partial charge is 0.322 e. The van der Waals surface area contributed by atoms with Crippen LogP contribution in [-0.4, -0.2) is 65.9 Å². The molecule has 0 saturated carbocycles. The van der Waals surface area contributed by atoms with Gasteiger partial charge in [-0.25, -0.2) is 0 Å². The fraction of sp³-hybridized carbons (Fsp3) is 0.727. The first-order chi connectivity index (χ1) is 9.21. The van der Waals surface area contributed by atoms with Crippen LogP contribution in [0.15, 0.2) is 0 Å². The van der Waals surface area contributed by atoms with Gasteiger partial charge in [0.25, 0.3) is 0 Å². The average Bonchev–Trinajstić information content (AvgIpc) is 2.44. The summed E-state index contributed by atoms with van der Waals surface area (Å²) in [5.41, 5.74) is 0. The van der Waals surface area contributed by atoms with Gasteiger partial charge in [0.1, 0.15) is 0 Å². The zero-order valence-electron chi connectivity index (χ0n) is 11.1. The third kappa shape index (κ3) is 4.15. The molecule has 8 heteroatoms. The van der Waals surface area contributed by atoms with Gasteiger partial charge in [-0.15, -0.1) is 0 Å².